The highest BCUT2D eigenvalue weighted by molar-refractivity contribution is 5.80. The monoisotopic (exact) mass is 197 g/mol. The fourth-order valence-corrected chi connectivity index (χ4v) is 2.21. The molecule has 1 rings (SSSR count). The summed E-state index contributed by atoms with van der Waals surface area (Å²) in [5.74, 6) is 0.784. The van der Waals surface area contributed by atoms with Crippen molar-refractivity contribution in [2.75, 3.05) is 0 Å². The van der Waals surface area contributed by atoms with Crippen LogP contribution in [0.3, 0.4) is 0 Å². The molecule has 0 aromatic carbocycles. The van der Waals surface area contributed by atoms with Crippen molar-refractivity contribution in [2.45, 2.75) is 53.5 Å². The average Bonchev–Trinajstić information content (AvgIpc) is 2.65. The van der Waals surface area contributed by atoms with Gasteiger partial charge in [-0.3, -0.25) is 4.79 Å². The van der Waals surface area contributed by atoms with E-state index in [0.29, 0.717) is 12.0 Å². The van der Waals surface area contributed by atoms with Gasteiger partial charge in [0.15, 0.2) is 0 Å². The fourth-order valence-electron chi connectivity index (χ4n) is 2.21. The highest BCUT2D eigenvalue weighted by atomic mass is 16.2. The van der Waals surface area contributed by atoms with Crippen molar-refractivity contribution in [3.63, 3.8) is 0 Å². The Hall–Kier alpha value is -0.530. The van der Waals surface area contributed by atoms with Crippen molar-refractivity contribution in [3.8, 4) is 0 Å². The Labute approximate surface area is 87.5 Å². The third kappa shape index (κ3) is 3.00. The molecule has 0 aromatic rings. The summed E-state index contributed by atoms with van der Waals surface area (Å²) in [4.78, 5) is 12.0. The lowest BCUT2D eigenvalue weighted by Crippen LogP contribution is -2.41. The van der Waals surface area contributed by atoms with Gasteiger partial charge in [0.25, 0.3) is 0 Å². The predicted octanol–water partition coefficient (Wildman–Crippen LogP) is 2.58. The summed E-state index contributed by atoms with van der Waals surface area (Å²) in [6.07, 6.45) is 2.33. The first-order chi connectivity index (χ1) is 6.32. The lowest BCUT2D eigenvalue weighted by atomic mass is 9.74. The van der Waals surface area contributed by atoms with Crippen LogP contribution >= 0.6 is 0 Å². The zero-order chi connectivity index (χ0) is 10.9. The number of carbonyl (C=O) groups is 1. The third-order valence-electron chi connectivity index (χ3n) is 2.81. The molecule has 0 radical (unpaired) electrons. The van der Waals surface area contributed by atoms with Crippen molar-refractivity contribution in [3.05, 3.63) is 0 Å². The molecule has 0 aromatic heterocycles. The second kappa shape index (κ2) is 3.92. The van der Waals surface area contributed by atoms with Crippen molar-refractivity contribution in [1.29, 1.82) is 0 Å². The minimum atomic E-state index is 0.0626. The van der Waals surface area contributed by atoms with E-state index in [1.54, 1.807) is 0 Å². The molecular weight excluding hydrogens is 174 g/mol. The molecule has 1 amide bonds. The van der Waals surface area contributed by atoms with Gasteiger partial charge in [-0.25, -0.2) is 0 Å². The van der Waals surface area contributed by atoms with Crippen LogP contribution in [-0.2, 0) is 4.79 Å². The molecule has 1 fully saturated rings. The highest BCUT2D eigenvalue weighted by Crippen LogP contribution is 2.33. The highest BCUT2D eigenvalue weighted by Gasteiger charge is 2.36. The zero-order valence-corrected chi connectivity index (χ0v) is 10.1. The van der Waals surface area contributed by atoms with Gasteiger partial charge in [-0.1, -0.05) is 34.6 Å². The number of rotatable bonds is 3. The zero-order valence-electron chi connectivity index (χ0n) is 10.1. The van der Waals surface area contributed by atoms with Crippen molar-refractivity contribution in [2.24, 2.45) is 17.3 Å². The third-order valence-corrected chi connectivity index (χ3v) is 2.81. The number of amides is 1. The Morgan fingerprint density at radius 2 is 1.79 bits per heavy atom. The Balaban J connectivity index is 2.61. The summed E-state index contributed by atoms with van der Waals surface area (Å²) >= 11 is 0. The first-order valence-corrected chi connectivity index (χ1v) is 5.62. The van der Waals surface area contributed by atoms with Crippen LogP contribution in [0, 0.1) is 17.3 Å². The molecule has 1 saturated carbocycles. The van der Waals surface area contributed by atoms with E-state index in [-0.39, 0.29) is 17.2 Å². The van der Waals surface area contributed by atoms with Gasteiger partial charge in [0.2, 0.25) is 5.91 Å². The summed E-state index contributed by atoms with van der Waals surface area (Å²) in [6, 6.07) is 0.478. The van der Waals surface area contributed by atoms with Crippen LogP contribution in [0.5, 0.6) is 0 Å². The second-order valence-corrected chi connectivity index (χ2v) is 5.87. The lowest BCUT2D eigenvalue weighted by Gasteiger charge is -2.32. The summed E-state index contributed by atoms with van der Waals surface area (Å²) in [6.45, 7) is 10.7. The molecule has 0 spiro atoms. The number of hydrogen-bond donors (Lipinski definition) is 1. The Kier molecular flexibility index (Phi) is 3.23. The lowest BCUT2D eigenvalue weighted by molar-refractivity contribution is -0.130. The average molecular weight is 197 g/mol. The van der Waals surface area contributed by atoms with Gasteiger partial charge in [-0.2, -0.15) is 0 Å². The van der Waals surface area contributed by atoms with Crippen LogP contribution in [0.2, 0.25) is 0 Å². The first-order valence-electron chi connectivity index (χ1n) is 5.62. The summed E-state index contributed by atoms with van der Waals surface area (Å²) in [5, 5.41) is 3.10. The van der Waals surface area contributed by atoms with Crippen LogP contribution in [-0.4, -0.2) is 11.9 Å². The van der Waals surface area contributed by atoms with Gasteiger partial charge in [0.1, 0.15) is 0 Å². The van der Waals surface area contributed by atoms with E-state index < -0.39 is 0 Å². The minimum Gasteiger partial charge on any atom is -0.353 e. The molecule has 82 valence electrons. The standard InChI is InChI=1S/C12H23NO/c1-8(2)10(12(3,4)5)11(14)13-9-6-7-9/h8-10H,6-7H2,1-5H3,(H,13,14). The fraction of sp³-hybridized carbons (Fsp3) is 0.917. The smallest absolute Gasteiger partial charge is 0.224 e. The molecule has 0 heterocycles. The van der Waals surface area contributed by atoms with Crippen molar-refractivity contribution < 1.29 is 4.79 Å². The molecule has 14 heavy (non-hydrogen) atoms. The topological polar surface area (TPSA) is 29.1 Å². The van der Waals surface area contributed by atoms with Crippen LogP contribution < -0.4 is 5.32 Å². The van der Waals surface area contributed by atoms with E-state index in [1.165, 1.54) is 12.8 Å². The van der Waals surface area contributed by atoms with E-state index in [1.807, 2.05) is 0 Å². The summed E-state index contributed by atoms with van der Waals surface area (Å²) in [5.41, 5.74) is 0.0626. The molecule has 1 aliphatic carbocycles. The van der Waals surface area contributed by atoms with Crippen molar-refractivity contribution in [1.82, 2.24) is 5.32 Å². The molecule has 2 nitrogen and oxygen atoms in total. The maximum absolute atomic E-state index is 12.0. The SMILES string of the molecule is CC(C)C(C(=O)NC1CC1)C(C)(C)C. The summed E-state index contributed by atoms with van der Waals surface area (Å²) < 4.78 is 0. The minimum absolute atomic E-state index is 0.0626. The molecule has 0 bridgehead atoms. The van der Waals surface area contributed by atoms with E-state index >= 15 is 0 Å². The normalized spacial score (nSPS) is 19.6. The van der Waals surface area contributed by atoms with Crippen LogP contribution in [0.1, 0.15) is 47.5 Å². The Morgan fingerprint density at radius 1 is 1.29 bits per heavy atom. The molecule has 1 atom stereocenters. The number of carbonyl (C=O) groups excluding carboxylic acids is 1. The van der Waals surface area contributed by atoms with Crippen molar-refractivity contribution >= 4 is 5.91 Å². The quantitative estimate of drug-likeness (QED) is 0.740. The van der Waals surface area contributed by atoms with Gasteiger partial charge in [-0.15, -0.1) is 0 Å². The molecule has 1 N–H and O–H groups in total. The molecular formula is C12H23NO. The maximum atomic E-state index is 12.0. The van der Waals surface area contributed by atoms with E-state index in [4.69, 9.17) is 0 Å². The van der Waals surface area contributed by atoms with Crippen LogP contribution in [0.15, 0.2) is 0 Å². The first kappa shape index (κ1) is 11.5. The van der Waals surface area contributed by atoms with E-state index in [0.717, 1.165) is 0 Å². The van der Waals surface area contributed by atoms with Gasteiger partial charge in [0.05, 0.1) is 0 Å². The predicted molar refractivity (Wildman–Crippen MR) is 58.9 cm³/mol. The Morgan fingerprint density at radius 3 is 2.07 bits per heavy atom. The second-order valence-electron chi connectivity index (χ2n) is 5.87. The molecule has 2 heteroatoms. The van der Waals surface area contributed by atoms with Gasteiger partial charge < -0.3 is 5.32 Å². The van der Waals surface area contributed by atoms with E-state index in [9.17, 15) is 4.79 Å². The largest absolute Gasteiger partial charge is 0.353 e. The number of nitrogens with one attached hydrogen (secondary N) is 1. The molecule has 1 aliphatic rings. The number of hydrogen-bond acceptors (Lipinski definition) is 1. The van der Waals surface area contributed by atoms with Crippen LogP contribution in [0.4, 0.5) is 0 Å². The van der Waals surface area contributed by atoms with E-state index in [2.05, 4.69) is 39.9 Å². The Bertz CT molecular complexity index is 211. The molecule has 1 unspecified atom stereocenters. The summed E-state index contributed by atoms with van der Waals surface area (Å²) in [7, 11) is 0. The van der Waals surface area contributed by atoms with Gasteiger partial charge in [-0.05, 0) is 24.2 Å². The maximum Gasteiger partial charge on any atom is 0.224 e. The molecule has 0 aliphatic heterocycles. The molecule has 0 saturated heterocycles. The van der Waals surface area contributed by atoms with Crippen LogP contribution in [0.25, 0.3) is 0 Å². The van der Waals surface area contributed by atoms with Gasteiger partial charge >= 0.3 is 0 Å². The van der Waals surface area contributed by atoms with Gasteiger partial charge in [0, 0.05) is 12.0 Å².